The third-order valence-corrected chi connectivity index (χ3v) is 3.83. The van der Waals surface area contributed by atoms with E-state index >= 15 is 0 Å². The number of nitrogens with one attached hydrogen (secondary N) is 1. The largest absolute Gasteiger partial charge is 0.462 e. The van der Waals surface area contributed by atoms with Gasteiger partial charge in [-0.2, -0.15) is 5.10 Å². The molecule has 5 heteroatoms. The molecule has 0 saturated carbocycles. The topological polar surface area (TPSA) is 56.1 Å². The molecule has 1 aromatic heterocycles. The zero-order valence-electron chi connectivity index (χ0n) is 13.8. The van der Waals surface area contributed by atoms with Gasteiger partial charge in [-0.15, -0.1) is 0 Å². The van der Waals surface area contributed by atoms with Crippen LogP contribution in [0, 0.1) is 5.92 Å². The summed E-state index contributed by atoms with van der Waals surface area (Å²) in [5.41, 5.74) is 1.45. The second-order valence-electron chi connectivity index (χ2n) is 5.40. The van der Waals surface area contributed by atoms with Crippen molar-refractivity contribution in [2.45, 2.75) is 53.0 Å². The summed E-state index contributed by atoms with van der Waals surface area (Å²) in [6, 6.07) is 0. The zero-order valence-corrected chi connectivity index (χ0v) is 13.8. The van der Waals surface area contributed by atoms with Crippen LogP contribution in [0.1, 0.15) is 62.5 Å². The van der Waals surface area contributed by atoms with Crippen molar-refractivity contribution < 1.29 is 9.53 Å². The molecule has 1 N–H and O–H groups in total. The molecule has 0 aliphatic rings. The SMILES string of the molecule is CCCCC(CC)CNCc1c(C(=O)OCC)cnn1C. The average Bonchev–Trinajstić information content (AvgIpc) is 2.84. The van der Waals surface area contributed by atoms with Gasteiger partial charge in [0, 0.05) is 13.6 Å². The van der Waals surface area contributed by atoms with Crippen LogP contribution in [-0.4, -0.2) is 28.9 Å². The standard InChI is InChI=1S/C16H29N3O2/c1-5-8-9-13(6-2)10-17-12-15-14(11-18-19(15)4)16(20)21-7-3/h11,13,17H,5-10,12H2,1-4H3. The molecule has 0 spiro atoms. The first kappa shape index (κ1) is 17.7. The predicted octanol–water partition coefficient (Wildman–Crippen LogP) is 2.90. The van der Waals surface area contributed by atoms with Gasteiger partial charge in [-0.3, -0.25) is 4.68 Å². The Labute approximate surface area is 128 Å². The highest BCUT2D eigenvalue weighted by Crippen LogP contribution is 2.13. The Kier molecular flexibility index (Phi) is 8.05. The number of rotatable bonds is 10. The number of aryl methyl sites for hydroxylation is 1. The van der Waals surface area contributed by atoms with Gasteiger partial charge >= 0.3 is 5.97 Å². The molecule has 0 amide bonds. The number of esters is 1. The summed E-state index contributed by atoms with van der Waals surface area (Å²) in [7, 11) is 1.86. The Morgan fingerprint density at radius 3 is 2.81 bits per heavy atom. The van der Waals surface area contributed by atoms with E-state index in [4.69, 9.17) is 4.74 Å². The van der Waals surface area contributed by atoms with Crippen LogP contribution in [0.25, 0.3) is 0 Å². The van der Waals surface area contributed by atoms with E-state index in [1.807, 2.05) is 14.0 Å². The fraction of sp³-hybridized carbons (Fsp3) is 0.750. The van der Waals surface area contributed by atoms with Gasteiger partial charge in [0.1, 0.15) is 5.56 Å². The second-order valence-corrected chi connectivity index (χ2v) is 5.40. The van der Waals surface area contributed by atoms with E-state index in [2.05, 4.69) is 24.3 Å². The van der Waals surface area contributed by atoms with Gasteiger partial charge in [-0.25, -0.2) is 4.79 Å². The summed E-state index contributed by atoms with van der Waals surface area (Å²) >= 11 is 0. The molecule has 5 nitrogen and oxygen atoms in total. The Balaban J connectivity index is 2.54. The number of nitrogens with zero attached hydrogens (tertiary/aromatic N) is 2. The first-order chi connectivity index (χ1) is 10.1. The van der Waals surface area contributed by atoms with Crippen molar-refractivity contribution in [1.82, 2.24) is 15.1 Å². The van der Waals surface area contributed by atoms with Crippen LogP contribution in [0.15, 0.2) is 6.20 Å². The number of aromatic nitrogens is 2. The Hall–Kier alpha value is -1.36. The minimum Gasteiger partial charge on any atom is -0.462 e. The lowest BCUT2D eigenvalue weighted by Gasteiger charge is -2.15. The molecule has 1 aromatic rings. The molecule has 1 unspecified atom stereocenters. The fourth-order valence-corrected chi connectivity index (χ4v) is 2.39. The van der Waals surface area contributed by atoms with E-state index in [1.165, 1.54) is 25.7 Å². The van der Waals surface area contributed by atoms with Gasteiger partial charge in [0.25, 0.3) is 0 Å². The summed E-state index contributed by atoms with van der Waals surface area (Å²) in [6.45, 7) is 8.27. The highest BCUT2D eigenvalue weighted by Gasteiger charge is 2.17. The minimum atomic E-state index is -0.291. The monoisotopic (exact) mass is 295 g/mol. The summed E-state index contributed by atoms with van der Waals surface area (Å²) in [6.07, 6.45) is 6.55. The van der Waals surface area contributed by atoms with Crippen molar-refractivity contribution in [2.24, 2.45) is 13.0 Å². The Morgan fingerprint density at radius 1 is 1.43 bits per heavy atom. The molecule has 0 radical (unpaired) electrons. The second kappa shape index (κ2) is 9.55. The van der Waals surface area contributed by atoms with Gasteiger partial charge in [0.2, 0.25) is 0 Å². The van der Waals surface area contributed by atoms with Gasteiger partial charge in [0.05, 0.1) is 18.5 Å². The van der Waals surface area contributed by atoms with E-state index in [9.17, 15) is 4.79 Å². The molecule has 0 saturated heterocycles. The highest BCUT2D eigenvalue weighted by molar-refractivity contribution is 5.90. The molecule has 0 bridgehead atoms. The van der Waals surface area contributed by atoms with E-state index in [1.54, 1.807) is 10.9 Å². The third kappa shape index (κ3) is 5.50. The van der Waals surface area contributed by atoms with E-state index in [0.717, 1.165) is 12.2 Å². The first-order valence-electron chi connectivity index (χ1n) is 8.02. The normalized spacial score (nSPS) is 12.4. The van der Waals surface area contributed by atoms with Crippen LogP contribution in [0.3, 0.4) is 0 Å². The lowest BCUT2D eigenvalue weighted by molar-refractivity contribution is 0.0524. The van der Waals surface area contributed by atoms with Crippen molar-refractivity contribution in [3.63, 3.8) is 0 Å². The highest BCUT2D eigenvalue weighted by atomic mass is 16.5. The fourth-order valence-electron chi connectivity index (χ4n) is 2.39. The maximum atomic E-state index is 11.9. The van der Waals surface area contributed by atoms with Crippen LogP contribution in [0.5, 0.6) is 0 Å². The number of hydrogen-bond acceptors (Lipinski definition) is 4. The van der Waals surface area contributed by atoms with Gasteiger partial charge in [0.15, 0.2) is 0 Å². The number of carbonyl (C=O) groups excluding carboxylic acids is 1. The minimum absolute atomic E-state index is 0.291. The molecule has 1 atom stereocenters. The molecule has 21 heavy (non-hydrogen) atoms. The average molecular weight is 295 g/mol. The summed E-state index contributed by atoms with van der Waals surface area (Å²) in [4.78, 5) is 11.9. The van der Waals surface area contributed by atoms with E-state index in [0.29, 0.717) is 24.6 Å². The molecular formula is C16H29N3O2. The number of carbonyl (C=O) groups is 1. The lowest BCUT2D eigenvalue weighted by atomic mass is 9.99. The van der Waals surface area contributed by atoms with Gasteiger partial charge < -0.3 is 10.1 Å². The molecule has 1 rings (SSSR count). The predicted molar refractivity (Wildman–Crippen MR) is 84.2 cm³/mol. The maximum absolute atomic E-state index is 11.9. The van der Waals surface area contributed by atoms with E-state index < -0.39 is 0 Å². The summed E-state index contributed by atoms with van der Waals surface area (Å²) < 4.78 is 6.81. The number of ether oxygens (including phenoxy) is 1. The van der Waals surface area contributed by atoms with Crippen molar-refractivity contribution in [1.29, 1.82) is 0 Å². The van der Waals surface area contributed by atoms with Crippen LogP contribution >= 0.6 is 0 Å². The van der Waals surface area contributed by atoms with Crippen molar-refractivity contribution in [3.05, 3.63) is 17.5 Å². The molecule has 120 valence electrons. The van der Waals surface area contributed by atoms with Crippen molar-refractivity contribution in [3.8, 4) is 0 Å². The summed E-state index contributed by atoms with van der Waals surface area (Å²) in [5, 5.41) is 7.62. The van der Waals surface area contributed by atoms with Gasteiger partial charge in [-0.05, 0) is 25.8 Å². The smallest absolute Gasteiger partial charge is 0.341 e. The van der Waals surface area contributed by atoms with Crippen LogP contribution < -0.4 is 5.32 Å². The third-order valence-electron chi connectivity index (χ3n) is 3.83. The summed E-state index contributed by atoms with van der Waals surface area (Å²) in [5.74, 6) is 0.407. The quantitative estimate of drug-likeness (QED) is 0.674. The van der Waals surface area contributed by atoms with Crippen LogP contribution in [0.2, 0.25) is 0 Å². The van der Waals surface area contributed by atoms with Crippen molar-refractivity contribution >= 4 is 5.97 Å². The van der Waals surface area contributed by atoms with Crippen molar-refractivity contribution in [2.75, 3.05) is 13.2 Å². The van der Waals surface area contributed by atoms with Crippen LogP contribution in [-0.2, 0) is 18.3 Å². The van der Waals surface area contributed by atoms with Crippen LogP contribution in [0.4, 0.5) is 0 Å². The number of hydrogen-bond donors (Lipinski definition) is 1. The number of unbranched alkanes of at least 4 members (excludes halogenated alkanes) is 1. The molecular weight excluding hydrogens is 266 g/mol. The zero-order chi connectivity index (χ0) is 15.7. The van der Waals surface area contributed by atoms with E-state index in [-0.39, 0.29) is 5.97 Å². The molecule has 0 aliphatic heterocycles. The Bertz CT molecular complexity index is 429. The molecule has 0 aromatic carbocycles. The molecule has 0 aliphatic carbocycles. The molecule has 0 fully saturated rings. The molecule has 1 heterocycles. The first-order valence-corrected chi connectivity index (χ1v) is 8.02. The maximum Gasteiger partial charge on any atom is 0.341 e. The Morgan fingerprint density at radius 2 is 2.19 bits per heavy atom. The van der Waals surface area contributed by atoms with Gasteiger partial charge in [-0.1, -0.05) is 33.1 Å². The lowest BCUT2D eigenvalue weighted by Crippen LogP contribution is -2.24.